The fourth-order valence-electron chi connectivity index (χ4n) is 8.79. The molecular formula is C27H35NO4. The number of ether oxygens (including phenoxy) is 2. The lowest BCUT2D eigenvalue weighted by Crippen LogP contribution is -2.58. The summed E-state index contributed by atoms with van der Waals surface area (Å²) in [5.41, 5.74) is 2.52. The quantitative estimate of drug-likeness (QED) is 0.288. The van der Waals surface area contributed by atoms with E-state index in [0.29, 0.717) is 23.9 Å². The molecule has 0 radical (unpaired) electrons. The van der Waals surface area contributed by atoms with E-state index in [2.05, 4.69) is 19.9 Å². The fraction of sp³-hybridized carbons (Fsp3) is 0.704. The number of rotatable bonds is 2. The smallest absolute Gasteiger partial charge is 0.302 e. The SMILES string of the molecule is CC(=O)O[C@H]1CC[C@]2(C)[C@H]3CC[C@]4(C)/C(=C/c5cccc[n+]5[O-])CC[C@H]4[C@@H]3C[C@@H]3O[C@@]32C1. The summed E-state index contributed by atoms with van der Waals surface area (Å²) >= 11 is 0. The molecule has 1 spiro atoms. The van der Waals surface area contributed by atoms with Crippen molar-refractivity contribution in [2.45, 2.75) is 89.9 Å². The van der Waals surface area contributed by atoms with Gasteiger partial charge in [0.2, 0.25) is 5.69 Å². The number of allylic oxidation sites excluding steroid dienone is 1. The topological polar surface area (TPSA) is 65.8 Å². The molecule has 5 nitrogen and oxygen atoms in total. The molecule has 0 aromatic carbocycles. The molecule has 0 bridgehead atoms. The Hall–Kier alpha value is -1.88. The molecule has 5 heteroatoms. The zero-order chi connectivity index (χ0) is 22.3. The van der Waals surface area contributed by atoms with Crippen molar-refractivity contribution in [1.82, 2.24) is 0 Å². The summed E-state index contributed by atoms with van der Waals surface area (Å²) in [6, 6.07) is 5.67. The van der Waals surface area contributed by atoms with E-state index in [-0.39, 0.29) is 28.5 Å². The highest BCUT2D eigenvalue weighted by molar-refractivity contribution is 5.66. The van der Waals surface area contributed by atoms with Gasteiger partial charge in [0.25, 0.3) is 0 Å². The monoisotopic (exact) mass is 437 g/mol. The maximum absolute atomic E-state index is 12.3. The fourth-order valence-corrected chi connectivity index (χ4v) is 8.79. The molecule has 1 aliphatic heterocycles. The average Bonchev–Trinajstić information content (AvgIpc) is 3.34. The maximum Gasteiger partial charge on any atom is 0.302 e. The van der Waals surface area contributed by atoms with Gasteiger partial charge >= 0.3 is 5.97 Å². The van der Waals surface area contributed by atoms with Gasteiger partial charge in [-0.1, -0.05) is 19.4 Å². The third-order valence-corrected chi connectivity index (χ3v) is 10.4. The number of esters is 1. The van der Waals surface area contributed by atoms with Crippen LogP contribution in [0.15, 0.2) is 30.0 Å². The standard InChI is InChI=1S/C27H35NO4/c1-17(29)31-20-9-12-26(3)23-10-11-25(2)18(14-19-6-4-5-13-28(19)30)7-8-22(25)21(23)15-24-27(26,16-20)32-24/h4-6,13-14,20-24H,7-12,15-16H2,1-3H3/b18-14+/t20-,21-,22-,23-,24-,25+,26+,27-/m0/s1. The Morgan fingerprint density at radius 1 is 1.22 bits per heavy atom. The largest absolute Gasteiger partial charge is 0.618 e. The molecule has 32 heavy (non-hydrogen) atoms. The second kappa shape index (κ2) is 6.82. The van der Waals surface area contributed by atoms with Crippen molar-refractivity contribution >= 4 is 12.0 Å². The molecule has 0 unspecified atom stereocenters. The van der Waals surface area contributed by atoms with Gasteiger partial charge in [-0.2, -0.15) is 4.73 Å². The number of carbonyl (C=O) groups is 1. The van der Waals surface area contributed by atoms with E-state index in [9.17, 15) is 10.0 Å². The summed E-state index contributed by atoms with van der Waals surface area (Å²) in [6.45, 7) is 6.46. The van der Waals surface area contributed by atoms with Crippen molar-refractivity contribution in [2.75, 3.05) is 0 Å². The molecular weight excluding hydrogens is 402 g/mol. The Balaban J connectivity index is 1.28. The third kappa shape index (κ3) is 2.72. The Morgan fingerprint density at radius 3 is 2.84 bits per heavy atom. The predicted molar refractivity (Wildman–Crippen MR) is 120 cm³/mol. The number of epoxide rings is 1. The molecule has 2 heterocycles. The van der Waals surface area contributed by atoms with E-state index < -0.39 is 0 Å². The van der Waals surface area contributed by atoms with Crippen molar-refractivity contribution in [2.24, 2.45) is 28.6 Å². The van der Waals surface area contributed by atoms with Crippen molar-refractivity contribution in [3.8, 4) is 0 Å². The molecule has 4 aliphatic carbocycles. The lowest BCUT2D eigenvalue weighted by Gasteiger charge is -2.58. The Kier molecular flexibility index (Phi) is 4.41. The number of carbonyl (C=O) groups excluding carboxylic acids is 1. The molecule has 0 N–H and O–H groups in total. The number of fused-ring (bicyclic) bond motifs is 4. The summed E-state index contributed by atoms with van der Waals surface area (Å²) in [4.78, 5) is 11.6. The summed E-state index contributed by atoms with van der Waals surface area (Å²) in [5, 5.41) is 12.3. The van der Waals surface area contributed by atoms with E-state index in [4.69, 9.17) is 9.47 Å². The van der Waals surface area contributed by atoms with Crippen LogP contribution in [0.4, 0.5) is 0 Å². The Labute approximate surface area is 190 Å². The van der Waals surface area contributed by atoms with Crippen LogP contribution in [0.25, 0.3) is 6.08 Å². The highest BCUT2D eigenvalue weighted by Gasteiger charge is 2.76. The van der Waals surface area contributed by atoms with E-state index in [1.54, 1.807) is 12.3 Å². The lowest BCUT2D eigenvalue weighted by molar-refractivity contribution is -0.607. The molecule has 1 aromatic rings. The molecule has 8 atom stereocenters. The Bertz CT molecular complexity index is 990. The van der Waals surface area contributed by atoms with Crippen LogP contribution in [0, 0.1) is 33.8 Å². The first-order valence-corrected chi connectivity index (χ1v) is 12.5. The van der Waals surface area contributed by atoms with E-state index in [1.807, 2.05) is 12.1 Å². The van der Waals surface area contributed by atoms with E-state index >= 15 is 0 Å². The average molecular weight is 438 g/mol. The minimum absolute atomic E-state index is 0.0154. The minimum atomic E-state index is -0.169. The van der Waals surface area contributed by atoms with Crippen LogP contribution >= 0.6 is 0 Å². The van der Waals surface area contributed by atoms with Crippen LogP contribution in [0.2, 0.25) is 0 Å². The highest BCUT2D eigenvalue weighted by Crippen LogP contribution is 2.74. The number of pyridine rings is 1. The second-order valence-corrected chi connectivity index (χ2v) is 11.6. The molecule has 1 saturated heterocycles. The third-order valence-electron chi connectivity index (χ3n) is 10.4. The number of hydrogen-bond acceptors (Lipinski definition) is 4. The van der Waals surface area contributed by atoms with E-state index in [1.165, 1.54) is 31.8 Å². The number of nitrogens with zero attached hydrogens (tertiary/aromatic N) is 1. The first kappa shape index (κ1) is 20.7. The van der Waals surface area contributed by atoms with Crippen LogP contribution in [0.5, 0.6) is 0 Å². The highest BCUT2D eigenvalue weighted by atomic mass is 16.6. The zero-order valence-electron chi connectivity index (χ0n) is 19.5. The van der Waals surface area contributed by atoms with Crippen LogP contribution in [-0.4, -0.2) is 23.8 Å². The molecule has 1 aromatic heterocycles. The molecule has 5 fully saturated rings. The predicted octanol–water partition coefficient (Wildman–Crippen LogP) is 4.81. The first-order chi connectivity index (χ1) is 15.3. The molecule has 6 rings (SSSR count). The van der Waals surface area contributed by atoms with Gasteiger partial charge in [0, 0.05) is 37.0 Å². The van der Waals surface area contributed by atoms with Crippen LogP contribution < -0.4 is 4.73 Å². The van der Waals surface area contributed by atoms with Crippen molar-refractivity contribution in [3.05, 3.63) is 40.9 Å². The summed E-state index contributed by atoms with van der Waals surface area (Å²) in [7, 11) is 0. The van der Waals surface area contributed by atoms with Gasteiger partial charge in [0.1, 0.15) is 11.7 Å². The zero-order valence-corrected chi connectivity index (χ0v) is 19.5. The summed E-state index contributed by atoms with van der Waals surface area (Å²) < 4.78 is 13.2. The van der Waals surface area contributed by atoms with Gasteiger partial charge in [-0.15, -0.1) is 0 Å². The second-order valence-electron chi connectivity index (χ2n) is 11.6. The van der Waals surface area contributed by atoms with Gasteiger partial charge in [0.15, 0.2) is 6.20 Å². The van der Waals surface area contributed by atoms with Crippen molar-refractivity contribution in [1.29, 1.82) is 0 Å². The number of aromatic nitrogens is 1. The first-order valence-electron chi connectivity index (χ1n) is 12.5. The normalized spacial score (nSPS) is 47.7. The van der Waals surface area contributed by atoms with Crippen LogP contribution in [0.3, 0.4) is 0 Å². The van der Waals surface area contributed by atoms with Crippen LogP contribution in [0.1, 0.15) is 77.8 Å². The molecule has 0 amide bonds. The Morgan fingerprint density at radius 2 is 2.06 bits per heavy atom. The van der Waals surface area contributed by atoms with Gasteiger partial charge in [0.05, 0.1) is 6.10 Å². The van der Waals surface area contributed by atoms with E-state index in [0.717, 1.165) is 42.5 Å². The lowest BCUT2D eigenvalue weighted by atomic mass is 9.45. The molecule has 5 aliphatic rings. The number of hydrogen-bond donors (Lipinski definition) is 0. The maximum atomic E-state index is 12.3. The van der Waals surface area contributed by atoms with Crippen molar-refractivity contribution < 1.29 is 19.0 Å². The minimum Gasteiger partial charge on any atom is -0.618 e. The summed E-state index contributed by atoms with van der Waals surface area (Å²) in [5.74, 6) is 1.86. The van der Waals surface area contributed by atoms with Gasteiger partial charge in [-0.05, 0) is 74.2 Å². The van der Waals surface area contributed by atoms with Gasteiger partial charge in [-0.3, -0.25) is 4.79 Å². The van der Waals surface area contributed by atoms with Gasteiger partial charge < -0.3 is 14.7 Å². The van der Waals surface area contributed by atoms with Gasteiger partial charge in [-0.25, -0.2) is 0 Å². The molecule has 172 valence electrons. The summed E-state index contributed by atoms with van der Waals surface area (Å²) in [6.07, 6.45) is 12.9. The van der Waals surface area contributed by atoms with Crippen molar-refractivity contribution in [3.63, 3.8) is 0 Å². The van der Waals surface area contributed by atoms with Crippen LogP contribution in [-0.2, 0) is 14.3 Å². The molecule has 4 saturated carbocycles.